The monoisotopic (exact) mass is 265 g/mol. The Morgan fingerprint density at radius 3 is 2.63 bits per heavy atom. The third-order valence-electron chi connectivity index (χ3n) is 3.92. The molecule has 0 unspecified atom stereocenters. The summed E-state index contributed by atoms with van der Waals surface area (Å²) in [5.74, 6) is -1.52. The fraction of sp³-hybridized carbons (Fsp3) is 0.533. The van der Waals surface area contributed by atoms with Gasteiger partial charge in [-0.2, -0.15) is 0 Å². The van der Waals surface area contributed by atoms with Crippen molar-refractivity contribution < 1.29 is 14.3 Å². The van der Waals surface area contributed by atoms with Gasteiger partial charge in [-0.25, -0.2) is 9.18 Å². The van der Waals surface area contributed by atoms with Crippen molar-refractivity contribution >= 4 is 5.97 Å². The molecule has 0 aliphatic heterocycles. The first-order chi connectivity index (χ1) is 9.08. The van der Waals surface area contributed by atoms with E-state index in [0.717, 1.165) is 6.07 Å². The summed E-state index contributed by atoms with van der Waals surface area (Å²) in [4.78, 5) is 12.9. The highest BCUT2D eigenvalue weighted by Gasteiger charge is 2.19. The Hall–Kier alpha value is -1.42. The molecule has 0 radical (unpaired) electrons. The molecule has 1 aliphatic carbocycles. The maximum absolute atomic E-state index is 13.8. The Morgan fingerprint density at radius 1 is 1.37 bits per heavy atom. The van der Waals surface area contributed by atoms with Crippen molar-refractivity contribution in [3.05, 3.63) is 35.1 Å². The summed E-state index contributed by atoms with van der Waals surface area (Å²) in [6, 6.07) is 4.67. The molecule has 4 heteroatoms. The highest BCUT2D eigenvalue weighted by molar-refractivity contribution is 5.87. The summed E-state index contributed by atoms with van der Waals surface area (Å²) in [7, 11) is 2.01. The summed E-state index contributed by atoms with van der Waals surface area (Å²) in [6.45, 7) is 0.538. The maximum atomic E-state index is 13.8. The number of carboxylic acids is 1. The molecule has 1 saturated carbocycles. The largest absolute Gasteiger partial charge is 0.478 e. The van der Waals surface area contributed by atoms with Crippen molar-refractivity contribution in [2.24, 2.45) is 0 Å². The summed E-state index contributed by atoms with van der Waals surface area (Å²) in [5.41, 5.74) is 0.569. The molecule has 1 N–H and O–H groups in total. The Kier molecular flexibility index (Phi) is 4.53. The topological polar surface area (TPSA) is 40.5 Å². The van der Waals surface area contributed by atoms with Gasteiger partial charge in [-0.05, 0) is 32.0 Å². The summed E-state index contributed by atoms with van der Waals surface area (Å²) in [6.07, 6.45) is 6.13. The highest BCUT2D eigenvalue weighted by Crippen LogP contribution is 2.23. The summed E-state index contributed by atoms with van der Waals surface area (Å²) in [5, 5.41) is 8.81. The molecule has 0 atom stereocenters. The second-order valence-electron chi connectivity index (χ2n) is 5.32. The number of rotatable bonds is 4. The van der Waals surface area contributed by atoms with Crippen LogP contribution in [0.4, 0.5) is 4.39 Å². The van der Waals surface area contributed by atoms with Crippen LogP contribution < -0.4 is 0 Å². The van der Waals surface area contributed by atoms with Crippen LogP contribution in [-0.2, 0) is 6.54 Å². The van der Waals surface area contributed by atoms with Gasteiger partial charge in [-0.15, -0.1) is 0 Å². The second kappa shape index (κ2) is 6.15. The van der Waals surface area contributed by atoms with Crippen LogP contribution in [-0.4, -0.2) is 29.1 Å². The van der Waals surface area contributed by atoms with E-state index >= 15 is 0 Å². The smallest absolute Gasteiger partial charge is 0.335 e. The maximum Gasteiger partial charge on any atom is 0.335 e. The minimum Gasteiger partial charge on any atom is -0.478 e. The Labute approximate surface area is 113 Å². The molecule has 104 valence electrons. The van der Waals surface area contributed by atoms with Crippen LogP contribution in [0.3, 0.4) is 0 Å². The van der Waals surface area contributed by atoms with Gasteiger partial charge >= 0.3 is 5.97 Å². The van der Waals surface area contributed by atoms with Crippen molar-refractivity contribution in [3.63, 3.8) is 0 Å². The zero-order valence-electron chi connectivity index (χ0n) is 11.2. The van der Waals surface area contributed by atoms with Gasteiger partial charge in [0.15, 0.2) is 0 Å². The lowest BCUT2D eigenvalue weighted by molar-refractivity contribution is 0.0696. The van der Waals surface area contributed by atoms with Gasteiger partial charge in [0.05, 0.1) is 5.56 Å². The lowest BCUT2D eigenvalue weighted by atomic mass is 9.94. The van der Waals surface area contributed by atoms with E-state index in [9.17, 15) is 9.18 Å². The molecule has 1 aromatic rings. The number of aromatic carboxylic acids is 1. The minimum absolute atomic E-state index is 0.00145. The van der Waals surface area contributed by atoms with E-state index < -0.39 is 11.8 Å². The van der Waals surface area contributed by atoms with E-state index in [0.29, 0.717) is 18.2 Å². The average Bonchev–Trinajstić information content (AvgIpc) is 2.41. The van der Waals surface area contributed by atoms with Gasteiger partial charge in [0.25, 0.3) is 0 Å². The molecule has 2 rings (SSSR count). The number of halogens is 1. The van der Waals surface area contributed by atoms with Crippen molar-refractivity contribution in [1.29, 1.82) is 0 Å². The van der Waals surface area contributed by atoms with Crippen molar-refractivity contribution in [1.82, 2.24) is 4.90 Å². The van der Waals surface area contributed by atoms with Gasteiger partial charge in [0, 0.05) is 18.2 Å². The standard InChI is InChI=1S/C15H20FNO2/c1-17(13-5-3-2-4-6-13)10-12-8-7-11(15(18)19)9-14(12)16/h7-9,13H,2-6,10H2,1H3,(H,18,19). The molecule has 0 spiro atoms. The molecule has 1 aromatic carbocycles. The quantitative estimate of drug-likeness (QED) is 0.908. The second-order valence-corrected chi connectivity index (χ2v) is 5.32. The van der Waals surface area contributed by atoms with E-state index in [-0.39, 0.29) is 5.56 Å². The molecule has 19 heavy (non-hydrogen) atoms. The van der Waals surface area contributed by atoms with E-state index in [2.05, 4.69) is 4.90 Å². The minimum atomic E-state index is -1.09. The summed E-state index contributed by atoms with van der Waals surface area (Å²) >= 11 is 0. The van der Waals surface area contributed by atoms with Crippen LogP contribution >= 0.6 is 0 Å². The molecule has 1 fully saturated rings. The Balaban J connectivity index is 2.03. The van der Waals surface area contributed by atoms with Crippen LogP contribution in [0.5, 0.6) is 0 Å². The molecule has 0 bridgehead atoms. The normalized spacial score (nSPS) is 16.8. The fourth-order valence-corrected chi connectivity index (χ4v) is 2.73. The third-order valence-corrected chi connectivity index (χ3v) is 3.92. The first kappa shape index (κ1) is 14.0. The first-order valence-corrected chi connectivity index (χ1v) is 6.80. The molecule has 0 heterocycles. The predicted molar refractivity (Wildman–Crippen MR) is 71.7 cm³/mol. The van der Waals surface area contributed by atoms with E-state index in [1.165, 1.54) is 38.2 Å². The van der Waals surface area contributed by atoms with E-state index in [1.54, 1.807) is 6.07 Å². The van der Waals surface area contributed by atoms with Crippen LogP contribution in [0, 0.1) is 5.82 Å². The van der Waals surface area contributed by atoms with Crippen LogP contribution in [0.15, 0.2) is 18.2 Å². The molecule has 0 saturated heterocycles. The first-order valence-electron chi connectivity index (χ1n) is 6.80. The van der Waals surface area contributed by atoms with Crippen molar-refractivity contribution in [2.45, 2.75) is 44.7 Å². The lowest BCUT2D eigenvalue weighted by Crippen LogP contribution is -2.33. The highest BCUT2D eigenvalue weighted by atomic mass is 19.1. The van der Waals surface area contributed by atoms with Crippen LogP contribution in [0.2, 0.25) is 0 Å². The third kappa shape index (κ3) is 3.53. The molecule has 0 aromatic heterocycles. The number of benzene rings is 1. The number of nitrogens with zero attached hydrogens (tertiary/aromatic N) is 1. The van der Waals surface area contributed by atoms with E-state index in [4.69, 9.17) is 5.11 Å². The molecular formula is C15H20FNO2. The Bertz CT molecular complexity index is 455. The zero-order valence-corrected chi connectivity index (χ0v) is 11.2. The molecule has 3 nitrogen and oxygen atoms in total. The predicted octanol–water partition coefficient (Wildman–Crippen LogP) is 3.29. The number of hydrogen-bond acceptors (Lipinski definition) is 2. The number of hydrogen-bond donors (Lipinski definition) is 1. The summed E-state index contributed by atoms with van der Waals surface area (Å²) < 4.78 is 13.8. The van der Waals surface area contributed by atoms with E-state index in [1.807, 2.05) is 7.05 Å². The zero-order chi connectivity index (χ0) is 13.8. The molecule has 0 amide bonds. The SMILES string of the molecule is CN(Cc1ccc(C(=O)O)cc1F)C1CCCCC1. The van der Waals surface area contributed by atoms with Crippen LogP contribution in [0.1, 0.15) is 48.0 Å². The number of carboxylic acid groups (broad SMARTS) is 1. The van der Waals surface area contributed by atoms with Gasteiger partial charge in [-0.1, -0.05) is 25.3 Å². The van der Waals surface area contributed by atoms with Gasteiger partial charge in [0.1, 0.15) is 5.82 Å². The lowest BCUT2D eigenvalue weighted by Gasteiger charge is -2.31. The van der Waals surface area contributed by atoms with Gasteiger partial charge in [-0.3, -0.25) is 4.90 Å². The Morgan fingerprint density at radius 2 is 2.05 bits per heavy atom. The molecular weight excluding hydrogens is 245 g/mol. The average molecular weight is 265 g/mol. The number of carbonyl (C=O) groups is 1. The molecule has 1 aliphatic rings. The van der Waals surface area contributed by atoms with Gasteiger partial charge in [0.2, 0.25) is 0 Å². The fourth-order valence-electron chi connectivity index (χ4n) is 2.73. The van der Waals surface area contributed by atoms with Gasteiger partial charge < -0.3 is 5.11 Å². The van der Waals surface area contributed by atoms with Crippen molar-refractivity contribution in [2.75, 3.05) is 7.05 Å². The van der Waals surface area contributed by atoms with Crippen LogP contribution in [0.25, 0.3) is 0 Å². The van der Waals surface area contributed by atoms with Crippen molar-refractivity contribution in [3.8, 4) is 0 Å².